The van der Waals surface area contributed by atoms with E-state index in [9.17, 15) is 4.79 Å². The fourth-order valence-corrected chi connectivity index (χ4v) is 1.59. The maximum absolute atomic E-state index is 11.9. The molecule has 0 unspecified atom stereocenters. The van der Waals surface area contributed by atoms with E-state index in [0.717, 1.165) is 51.9 Å². The van der Waals surface area contributed by atoms with Gasteiger partial charge >= 0.3 is 0 Å². The van der Waals surface area contributed by atoms with Crippen molar-refractivity contribution in [2.75, 3.05) is 26.2 Å². The molecule has 0 saturated heterocycles. The molecule has 3 heteroatoms. The third-order valence-corrected chi connectivity index (χ3v) is 2.68. The number of carbonyl (C=O) groups is 1. The van der Waals surface area contributed by atoms with Crippen LogP contribution < -0.4 is 5.32 Å². The van der Waals surface area contributed by atoms with Gasteiger partial charge in [-0.3, -0.25) is 4.79 Å². The monoisotopic (exact) mass is 228 g/mol. The standard InChI is InChI=1S/C13H28N2O/c1-4-7-11-15(12-8-5-2)13(16)9-10-14-6-3/h14H,4-12H2,1-3H3. The van der Waals surface area contributed by atoms with Gasteiger partial charge in [-0.1, -0.05) is 33.6 Å². The molecule has 0 saturated carbocycles. The van der Waals surface area contributed by atoms with Crippen LogP contribution in [0.3, 0.4) is 0 Å². The smallest absolute Gasteiger partial charge is 0.223 e. The number of nitrogens with zero attached hydrogens (tertiary/aromatic N) is 1. The summed E-state index contributed by atoms with van der Waals surface area (Å²) >= 11 is 0. The van der Waals surface area contributed by atoms with Crippen LogP contribution in [0, 0.1) is 0 Å². The topological polar surface area (TPSA) is 32.3 Å². The predicted octanol–water partition coefficient (Wildman–Crippen LogP) is 2.41. The van der Waals surface area contributed by atoms with Gasteiger partial charge in [0.1, 0.15) is 0 Å². The first-order valence-corrected chi connectivity index (χ1v) is 6.74. The third-order valence-electron chi connectivity index (χ3n) is 2.68. The summed E-state index contributed by atoms with van der Waals surface area (Å²) in [5.41, 5.74) is 0. The molecule has 0 aliphatic carbocycles. The molecule has 96 valence electrons. The Bertz CT molecular complexity index is 163. The van der Waals surface area contributed by atoms with Gasteiger partial charge in [0.25, 0.3) is 0 Å². The SMILES string of the molecule is CCCCN(CCCC)C(=O)CCNCC. The molecule has 0 aromatic heterocycles. The molecule has 1 amide bonds. The van der Waals surface area contributed by atoms with Crippen molar-refractivity contribution in [1.29, 1.82) is 0 Å². The van der Waals surface area contributed by atoms with E-state index in [2.05, 4.69) is 26.1 Å². The van der Waals surface area contributed by atoms with Crippen molar-refractivity contribution in [3.8, 4) is 0 Å². The van der Waals surface area contributed by atoms with Gasteiger partial charge in [-0.15, -0.1) is 0 Å². The van der Waals surface area contributed by atoms with Crippen LogP contribution in [0.2, 0.25) is 0 Å². The highest BCUT2D eigenvalue weighted by molar-refractivity contribution is 5.76. The third kappa shape index (κ3) is 7.69. The van der Waals surface area contributed by atoms with Crippen LogP contribution >= 0.6 is 0 Å². The fraction of sp³-hybridized carbons (Fsp3) is 0.923. The van der Waals surface area contributed by atoms with E-state index >= 15 is 0 Å². The minimum absolute atomic E-state index is 0.308. The normalized spacial score (nSPS) is 10.4. The highest BCUT2D eigenvalue weighted by Crippen LogP contribution is 2.01. The Kier molecular flexibility index (Phi) is 10.5. The minimum Gasteiger partial charge on any atom is -0.343 e. The highest BCUT2D eigenvalue weighted by atomic mass is 16.2. The zero-order valence-electron chi connectivity index (χ0n) is 11.2. The van der Waals surface area contributed by atoms with Crippen molar-refractivity contribution in [1.82, 2.24) is 10.2 Å². The number of nitrogens with one attached hydrogen (secondary N) is 1. The molecule has 0 aliphatic heterocycles. The Morgan fingerprint density at radius 2 is 1.62 bits per heavy atom. The minimum atomic E-state index is 0.308. The van der Waals surface area contributed by atoms with Gasteiger partial charge in [-0.25, -0.2) is 0 Å². The van der Waals surface area contributed by atoms with E-state index < -0.39 is 0 Å². The summed E-state index contributed by atoms with van der Waals surface area (Å²) in [6.45, 7) is 10.0. The van der Waals surface area contributed by atoms with Crippen LogP contribution in [-0.4, -0.2) is 37.0 Å². The highest BCUT2D eigenvalue weighted by Gasteiger charge is 2.11. The molecule has 0 fully saturated rings. The van der Waals surface area contributed by atoms with Crippen molar-refractivity contribution in [3.05, 3.63) is 0 Å². The van der Waals surface area contributed by atoms with Gasteiger partial charge in [0.2, 0.25) is 5.91 Å². The number of rotatable bonds is 10. The fourth-order valence-electron chi connectivity index (χ4n) is 1.59. The summed E-state index contributed by atoms with van der Waals surface area (Å²) in [6, 6.07) is 0. The van der Waals surface area contributed by atoms with Crippen LogP contribution in [0.1, 0.15) is 52.9 Å². The average molecular weight is 228 g/mol. The molecule has 16 heavy (non-hydrogen) atoms. The van der Waals surface area contributed by atoms with Crippen molar-refractivity contribution >= 4 is 5.91 Å². The first kappa shape index (κ1) is 15.4. The van der Waals surface area contributed by atoms with Gasteiger partial charge in [-0.05, 0) is 19.4 Å². The van der Waals surface area contributed by atoms with E-state index in [1.807, 2.05) is 4.90 Å². The summed E-state index contributed by atoms with van der Waals surface area (Å²) in [5, 5.41) is 3.20. The van der Waals surface area contributed by atoms with Crippen LogP contribution in [0.4, 0.5) is 0 Å². The molecule has 1 N–H and O–H groups in total. The van der Waals surface area contributed by atoms with Crippen molar-refractivity contribution in [2.45, 2.75) is 52.9 Å². The van der Waals surface area contributed by atoms with Crippen molar-refractivity contribution in [2.24, 2.45) is 0 Å². The number of carbonyl (C=O) groups excluding carboxylic acids is 1. The summed E-state index contributed by atoms with van der Waals surface area (Å²) in [7, 11) is 0. The molecule has 0 atom stereocenters. The van der Waals surface area contributed by atoms with Crippen LogP contribution in [0.5, 0.6) is 0 Å². The second-order valence-electron chi connectivity index (χ2n) is 4.19. The first-order chi connectivity index (χ1) is 7.76. The van der Waals surface area contributed by atoms with E-state index in [1.54, 1.807) is 0 Å². The lowest BCUT2D eigenvalue weighted by Crippen LogP contribution is -2.34. The molecule has 0 spiro atoms. The van der Waals surface area contributed by atoms with E-state index in [-0.39, 0.29) is 0 Å². The second kappa shape index (κ2) is 10.9. The molecule has 0 rings (SSSR count). The summed E-state index contributed by atoms with van der Waals surface area (Å²) in [5.74, 6) is 0.308. The number of unbranched alkanes of at least 4 members (excludes halogenated alkanes) is 2. The Hall–Kier alpha value is -0.570. The second-order valence-corrected chi connectivity index (χ2v) is 4.19. The molecular weight excluding hydrogens is 200 g/mol. The lowest BCUT2D eigenvalue weighted by Gasteiger charge is -2.22. The van der Waals surface area contributed by atoms with Crippen LogP contribution in [-0.2, 0) is 4.79 Å². The van der Waals surface area contributed by atoms with Gasteiger partial charge in [0, 0.05) is 26.1 Å². The Morgan fingerprint density at radius 3 is 2.06 bits per heavy atom. The maximum atomic E-state index is 11.9. The molecule has 0 heterocycles. The first-order valence-electron chi connectivity index (χ1n) is 6.74. The summed E-state index contributed by atoms with van der Waals surface area (Å²) in [4.78, 5) is 13.9. The Balaban J connectivity index is 3.88. The van der Waals surface area contributed by atoms with Gasteiger partial charge < -0.3 is 10.2 Å². The quantitative estimate of drug-likeness (QED) is 0.582. The molecule has 3 nitrogen and oxygen atoms in total. The Labute approximate surface area is 101 Å². The van der Waals surface area contributed by atoms with Gasteiger partial charge in [0.05, 0.1) is 0 Å². The molecule has 0 aliphatic rings. The van der Waals surface area contributed by atoms with Crippen molar-refractivity contribution in [3.63, 3.8) is 0 Å². The lowest BCUT2D eigenvalue weighted by atomic mass is 10.2. The van der Waals surface area contributed by atoms with E-state index in [1.165, 1.54) is 0 Å². The summed E-state index contributed by atoms with van der Waals surface area (Å²) in [6.07, 6.45) is 5.20. The number of hydrogen-bond donors (Lipinski definition) is 1. The zero-order valence-corrected chi connectivity index (χ0v) is 11.2. The lowest BCUT2D eigenvalue weighted by molar-refractivity contribution is -0.131. The van der Waals surface area contributed by atoms with Gasteiger partial charge in [-0.2, -0.15) is 0 Å². The number of hydrogen-bond acceptors (Lipinski definition) is 2. The van der Waals surface area contributed by atoms with E-state index in [0.29, 0.717) is 12.3 Å². The van der Waals surface area contributed by atoms with Crippen molar-refractivity contribution < 1.29 is 4.79 Å². The van der Waals surface area contributed by atoms with Crippen LogP contribution in [0.15, 0.2) is 0 Å². The molecule has 0 aromatic rings. The Morgan fingerprint density at radius 1 is 1.06 bits per heavy atom. The maximum Gasteiger partial charge on any atom is 0.223 e. The summed E-state index contributed by atoms with van der Waals surface area (Å²) < 4.78 is 0. The molecule has 0 aromatic carbocycles. The number of amides is 1. The largest absolute Gasteiger partial charge is 0.343 e. The van der Waals surface area contributed by atoms with E-state index in [4.69, 9.17) is 0 Å². The molecule has 0 radical (unpaired) electrons. The predicted molar refractivity (Wildman–Crippen MR) is 69.6 cm³/mol. The zero-order chi connectivity index (χ0) is 12.2. The average Bonchev–Trinajstić information content (AvgIpc) is 2.29. The molecular formula is C13H28N2O. The molecule has 0 bridgehead atoms. The van der Waals surface area contributed by atoms with Gasteiger partial charge in [0.15, 0.2) is 0 Å². The van der Waals surface area contributed by atoms with Crippen LogP contribution in [0.25, 0.3) is 0 Å².